The lowest BCUT2D eigenvalue weighted by Gasteiger charge is -2.36. The average Bonchev–Trinajstić information content (AvgIpc) is 2.41. The van der Waals surface area contributed by atoms with Crippen LogP contribution in [0.4, 0.5) is 0 Å². The number of hydrogen-bond acceptors (Lipinski definition) is 7. The second-order valence-electron chi connectivity index (χ2n) is 4.63. The number of esters is 1. The Labute approximate surface area is 112 Å². The van der Waals surface area contributed by atoms with Crippen LogP contribution < -0.4 is 5.32 Å². The quantitative estimate of drug-likeness (QED) is 0.340. The number of unbranched alkanes of at least 4 members (excludes halogenated alkanes) is 1. The molecule has 4 atom stereocenters. The van der Waals surface area contributed by atoms with Gasteiger partial charge in [-0.1, -0.05) is 0 Å². The average molecular weight is 277 g/mol. The molecule has 1 aliphatic heterocycles. The van der Waals surface area contributed by atoms with Gasteiger partial charge in [-0.3, -0.25) is 10.1 Å². The third kappa shape index (κ3) is 5.42. The van der Waals surface area contributed by atoms with Crippen LogP contribution in [0, 0.1) is 0 Å². The first-order chi connectivity index (χ1) is 9.08. The van der Waals surface area contributed by atoms with Gasteiger partial charge >= 0.3 is 5.97 Å². The van der Waals surface area contributed by atoms with E-state index in [0.717, 1.165) is 6.42 Å². The van der Waals surface area contributed by atoms with Crippen molar-refractivity contribution in [2.75, 3.05) is 20.3 Å². The molecule has 1 saturated heterocycles. The fourth-order valence-corrected chi connectivity index (χ4v) is 2.00. The molecular formula is C12H23NO6. The molecule has 0 bridgehead atoms. The van der Waals surface area contributed by atoms with Crippen molar-refractivity contribution in [3.05, 3.63) is 0 Å². The number of carbonyl (C=O) groups is 1. The summed E-state index contributed by atoms with van der Waals surface area (Å²) in [5, 5.41) is 31.2. The molecule has 112 valence electrons. The maximum atomic E-state index is 10.9. The molecule has 0 spiro atoms. The van der Waals surface area contributed by atoms with E-state index in [9.17, 15) is 15.0 Å². The summed E-state index contributed by atoms with van der Waals surface area (Å²) in [4.78, 5) is 10.9. The topological polar surface area (TPSA) is 108 Å². The van der Waals surface area contributed by atoms with Gasteiger partial charge in [0.1, 0.15) is 18.4 Å². The van der Waals surface area contributed by atoms with Gasteiger partial charge in [0, 0.05) is 12.8 Å². The molecule has 0 saturated carbocycles. The van der Waals surface area contributed by atoms with Crippen LogP contribution in [0.3, 0.4) is 0 Å². The smallest absolute Gasteiger partial charge is 0.305 e. The Morgan fingerprint density at radius 3 is 2.79 bits per heavy atom. The van der Waals surface area contributed by atoms with Gasteiger partial charge in [-0.05, 0) is 19.4 Å². The maximum absolute atomic E-state index is 10.9. The summed E-state index contributed by atoms with van der Waals surface area (Å²) in [6.45, 7) is 0.293. The van der Waals surface area contributed by atoms with Crippen LogP contribution in [0.15, 0.2) is 0 Å². The molecule has 0 aliphatic carbocycles. The summed E-state index contributed by atoms with van der Waals surface area (Å²) in [5.41, 5.74) is 0. The lowest BCUT2D eigenvalue weighted by molar-refractivity contribution is -0.186. The first-order valence-corrected chi connectivity index (χ1v) is 6.51. The minimum atomic E-state index is -1.05. The molecule has 0 aromatic rings. The van der Waals surface area contributed by atoms with Gasteiger partial charge in [-0.2, -0.15) is 0 Å². The van der Waals surface area contributed by atoms with Crippen molar-refractivity contribution in [1.82, 2.24) is 5.32 Å². The Balaban J connectivity index is 2.17. The van der Waals surface area contributed by atoms with Crippen LogP contribution in [-0.2, 0) is 14.3 Å². The van der Waals surface area contributed by atoms with E-state index in [2.05, 4.69) is 10.1 Å². The van der Waals surface area contributed by atoms with Crippen molar-refractivity contribution in [2.45, 2.75) is 50.2 Å². The largest absolute Gasteiger partial charge is 0.469 e. The SMILES string of the molecule is COC(=O)CCCCNC1CC(O)C(O)C(CO)O1. The maximum Gasteiger partial charge on any atom is 0.305 e. The fraction of sp³-hybridized carbons (Fsp3) is 0.917. The lowest BCUT2D eigenvalue weighted by atomic mass is 10.0. The van der Waals surface area contributed by atoms with Gasteiger partial charge in [0.15, 0.2) is 0 Å². The number of methoxy groups -OCH3 is 1. The number of hydrogen-bond donors (Lipinski definition) is 4. The Morgan fingerprint density at radius 2 is 2.16 bits per heavy atom. The summed E-state index contributed by atoms with van der Waals surface area (Å²) < 4.78 is 9.93. The van der Waals surface area contributed by atoms with Gasteiger partial charge in [-0.15, -0.1) is 0 Å². The number of aliphatic hydroxyl groups is 3. The standard InChI is InChI=1S/C12H23NO6/c1-18-11(16)4-2-3-5-13-10-6-8(15)12(17)9(7-14)19-10/h8-10,12-15,17H,2-7H2,1H3. The number of nitrogens with one attached hydrogen (secondary N) is 1. The predicted molar refractivity (Wildman–Crippen MR) is 66.2 cm³/mol. The summed E-state index contributed by atoms with van der Waals surface area (Å²) in [5.74, 6) is -0.229. The van der Waals surface area contributed by atoms with Crippen LogP contribution in [0.5, 0.6) is 0 Å². The Bertz CT molecular complexity index is 275. The van der Waals surface area contributed by atoms with Crippen molar-refractivity contribution >= 4 is 5.97 Å². The zero-order valence-corrected chi connectivity index (χ0v) is 11.1. The van der Waals surface area contributed by atoms with Gasteiger partial charge in [0.2, 0.25) is 0 Å². The summed E-state index contributed by atoms with van der Waals surface area (Å²) in [7, 11) is 1.36. The minimum absolute atomic E-state index is 0.229. The molecule has 0 aromatic carbocycles. The molecule has 0 amide bonds. The Morgan fingerprint density at radius 1 is 1.42 bits per heavy atom. The zero-order valence-electron chi connectivity index (χ0n) is 11.1. The number of carbonyl (C=O) groups excluding carboxylic acids is 1. The molecule has 1 rings (SSSR count). The van der Waals surface area contributed by atoms with Crippen molar-refractivity contribution in [1.29, 1.82) is 0 Å². The highest BCUT2D eigenvalue weighted by Crippen LogP contribution is 2.18. The van der Waals surface area contributed by atoms with Crippen molar-refractivity contribution in [2.24, 2.45) is 0 Å². The van der Waals surface area contributed by atoms with E-state index in [1.165, 1.54) is 7.11 Å². The van der Waals surface area contributed by atoms with Gasteiger partial charge in [-0.25, -0.2) is 0 Å². The van der Waals surface area contributed by atoms with Crippen molar-refractivity contribution in [3.8, 4) is 0 Å². The molecule has 0 aromatic heterocycles. The fourth-order valence-electron chi connectivity index (χ4n) is 2.00. The van der Waals surface area contributed by atoms with Crippen LogP contribution in [0.1, 0.15) is 25.7 Å². The molecular weight excluding hydrogens is 254 g/mol. The molecule has 19 heavy (non-hydrogen) atoms. The molecule has 7 nitrogen and oxygen atoms in total. The minimum Gasteiger partial charge on any atom is -0.469 e. The van der Waals surface area contributed by atoms with E-state index >= 15 is 0 Å². The molecule has 1 fully saturated rings. The number of rotatable bonds is 7. The van der Waals surface area contributed by atoms with Crippen LogP contribution in [0.2, 0.25) is 0 Å². The van der Waals surface area contributed by atoms with E-state index < -0.39 is 24.5 Å². The molecule has 4 unspecified atom stereocenters. The Kier molecular flexibility index (Phi) is 7.25. The normalized spacial score (nSPS) is 31.2. The Hall–Kier alpha value is -0.730. The van der Waals surface area contributed by atoms with E-state index in [0.29, 0.717) is 19.4 Å². The summed E-state index contributed by atoms with van der Waals surface area (Å²) >= 11 is 0. The van der Waals surface area contributed by atoms with Crippen molar-refractivity contribution in [3.63, 3.8) is 0 Å². The van der Waals surface area contributed by atoms with Crippen LogP contribution in [-0.4, -0.2) is 66.1 Å². The molecule has 1 heterocycles. The van der Waals surface area contributed by atoms with E-state index in [1.54, 1.807) is 0 Å². The molecule has 4 N–H and O–H groups in total. The molecule has 0 radical (unpaired) electrons. The van der Waals surface area contributed by atoms with Gasteiger partial charge in [0.25, 0.3) is 0 Å². The molecule has 7 heteroatoms. The third-order valence-electron chi connectivity index (χ3n) is 3.16. The number of ether oxygens (including phenoxy) is 2. The second-order valence-corrected chi connectivity index (χ2v) is 4.63. The summed E-state index contributed by atoms with van der Waals surface area (Å²) in [6.07, 6.45) is -0.983. The second kappa shape index (κ2) is 8.44. The highest BCUT2D eigenvalue weighted by molar-refractivity contribution is 5.68. The summed E-state index contributed by atoms with van der Waals surface area (Å²) in [6, 6.07) is 0. The van der Waals surface area contributed by atoms with Gasteiger partial charge in [0.05, 0.1) is 19.8 Å². The third-order valence-corrected chi connectivity index (χ3v) is 3.16. The van der Waals surface area contributed by atoms with Crippen LogP contribution in [0.25, 0.3) is 0 Å². The predicted octanol–water partition coefficient (Wildman–Crippen LogP) is -1.25. The monoisotopic (exact) mass is 277 g/mol. The highest BCUT2D eigenvalue weighted by atomic mass is 16.5. The lowest BCUT2D eigenvalue weighted by Crippen LogP contribution is -2.53. The van der Waals surface area contributed by atoms with E-state index in [4.69, 9.17) is 9.84 Å². The van der Waals surface area contributed by atoms with Gasteiger partial charge < -0.3 is 24.8 Å². The number of aliphatic hydroxyl groups excluding tert-OH is 3. The highest BCUT2D eigenvalue weighted by Gasteiger charge is 2.35. The van der Waals surface area contributed by atoms with Crippen LogP contribution >= 0.6 is 0 Å². The first kappa shape index (κ1) is 16.3. The molecule has 1 aliphatic rings. The van der Waals surface area contributed by atoms with E-state index in [-0.39, 0.29) is 19.0 Å². The van der Waals surface area contributed by atoms with Crippen molar-refractivity contribution < 1.29 is 29.6 Å². The first-order valence-electron chi connectivity index (χ1n) is 6.51. The van der Waals surface area contributed by atoms with E-state index in [1.807, 2.05) is 0 Å². The zero-order chi connectivity index (χ0) is 14.3.